The van der Waals surface area contributed by atoms with E-state index in [2.05, 4.69) is 29.8 Å². The Morgan fingerprint density at radius 1 is 1.44 bits per heavy atom. The number of nitrogens with two attached hydrogens (primary N) is 1. The van der Waals surface area contributed by atoms with Crippen molar-refractivity contribution in [2.45, 2.75) is 25.8 Å². The first-order valence-corrected chi connectivity index (χ1v) is 6.01. The van der Waals surface area contributed by atoms with Gasteiger partial charge in [0.05, 0.1) is 11.6 Å². The van der Waals surface area contributed by atoms with Gasteiger partial charge in [-0.05, 0) is 33.0 Å². The second-order valence-corrected chi connectivity index (χ2v) is 5.64. The van der Waals surface area contributed by atoms with Crippen LogP contribution in [0, 0.1) is 5.41 Å². The Morgan fingerprint density at radius 3 is 2.44 bits per heavy atom. The summed E-state index contributed by atoms with van der Waals surface area (Å²) in [6.45, 7) is 4.27. The Labute approximate surface area is 104 Å². The van der Waals surface area contributed by atoms with Crippen LogP contribution in [0.15, 0.2) is 16.6 Å². The smallest absolute Gasteiger partial charge is 0.172 e. The van der Waals surface area contributed by atoms with E-state index < -0.39 is 0 Å². The van der Waals surface area contributed by atoms with E-state index in [0.29, 0.717) is 16.1 Å². The Kier molecular flexibility index (Phi) is 2.67. The fourth-order valence-electron chi connectivity index (χ4n) is 2.24. The molecule has 1 aromatic carbocycles. The lowest BCUT2D eigenvalue weighted by Crippen LogP contribution is -2.06. The molecule has 4 heteroatoms. The van der Waals surface area contributed by atoms with Gasteiger partial charge in [0.25, 0.3) is 0 Å². The number of ether oxygens (including phenoxy) is 1. The summed E-state index contributed by atoms with van der Waals surface area (Å²) >= 11 is 3.41. The highest BCUT2D eigenvalue weighted by Gasteiger charge is 2.56. The summed E-state index contributed by atoms with van der Waals surface area (Å²) in [5, 5.41) is 9.90. The van der Waals surface area contributed by atoms with Gasteiger partial charge in [-0.2, -0.15) is 0 Å². The van der Waals surface area contributed by atoms with Gasteiger partial charge in [0.15, 0.2) is 11.5 Å². The molecule has 0 spiro atoms. The molecule has 88 valence electrons. The zero-order valence-corrected chi connectivity index (χ0v) is 11.2. The van der Waals surface area contributed by atoms with Gasteiger partial charge in [0.2, 0.25) is 0 Å². The molecule has 2 rings (SSSR count). The molecular formula is C12H16BrNO2. The second kappa shape index (κ2) is 3.64. The van der Waals surface area contributed by atoms with Crippen molar-refractivity contribution in [1.82, 2.24) is 0 Å². The van der Waals surface area contributed by atoms with E-state index in [1.165, 1.54) is 7.11 Å². The first-order chi connectivity index (χ1) is 7.41. The van der Waals surface area contributed by atoms with Gasteiger partial charge < -0.3 is 15.6 Å². The Bertz CT molecular complexity index is 431. The Hall–Kier alpha value is -0.740. The van der Waals surface area contributed by atoms with Gasteiger partial charge in [-0.25, -0.2) is 0 Å². The number of hydrogen-bond donors (Lipinski definition) is 2. The van der Waals surface area contributed by atoms with Crippen molar-refractivity contribution in [2.75, 3.05) is 7.11 Å². The summed E-state index contributed by atoms with van der Waals surface area (Å²) in [6, 6.07) is 3.88. The van der Waals surface area contributed by atoms with E-state index in [9.17, 15) is 5.11 Å². The molecule has 16 heavy (non-hydrogen) atoms. The molecule has 1 aliphatic rings. The zero-order valence-electron chi connectivity index (χ0n) is 9.62. The maximum Gasteiger partial charge on any atom is 0.172 e. The van der Waals surface area contributed by atoms with E-state index in [4.69, 9.17) is 10.5 Å². The van der Waals surface area contributed by atoms with Crippen LogP contribution in [0.2, 0.25) is 0 Å². The summed E-state index contributed by atoms with van der Waals surface area (Å²) in [5.74, 6) is 0.913. The quantitative estimate of drug-likeness (QED) is 0.878. The topological polar surface area (TPSA) is 55.5 Å². The average Bonchev–Trinajstić information content (AvgIpc) is 2.72. The molecule has 0 aliphatic heterocycles. The normalized spacial score (nSPS) is 26.6. The number of phenols is 1. The third kappa shape index (κ3) is 1.52. The van der Waals surface area contributed by atoms with Crippen molar-refractivity contribution in [1.29, 1.82) is 0 Å². The fourth-order valence-corrected chi connectivity index (χ4v) is 2.81. The van der Waals surface area contributed by atoms with Crippen LogP contribution in [0.1, 0.15) is 25.3 Å². The van der Waals surface area contributed by atoms with Crippen molar-refractivity contribution in [3.05, 3.63) is 22.2 Å². The standard InChI is InChI=1S/C12H16BrNO2/c1-12(2)8(11(12)14)6-4-5-7(16-3)10(15)9(6)13/h4-5,8,11,15H,14H2,1-3H3/t8-,11-/m1/s1. The van der Waals surface area contributed by atoms with Gasteiger partial charge in [-0.3, -0.25) is 0 Å². The van der Waals surface area contributed by atoms with Crippen LogP contribution >= 0.6 is 15.9 Å². The first-order valence-electron chi connectivity index (χ1n) is 5.22. The molecule has 1 aliphatic carbocycles. The highest BCUT2D eigenvalue weighted by atomic mass is 79.9. The minimum Gasteiger partial charge on any atom is -0.503 e. The molecule has 1 aromatic rings. The molecule has 1 saturated carbocycles. The van der Waals surface area contributed by atoms with Crippen LogP contribution in [-0.2, 0) is 0 Å². The van der Waals surface area contributed by atoms with Crippen molar-refractivity contribution < 1.29 is 9.84 Å². The number of phenolic OH excluding ortho intramolecular Hbond substituents is 1. The molecule has 0 aromatic heterocycles. The van der Waals surface area contributed by atoms with Crippen LogP contribution in [0.25, 0.3) is 0 Å². The van der Waals surface area contributed by atoms with Gasteiger partial charge >= 0.3 is 0 Å². The molecule has 0 radical (unpaired) electrons. The number of benzene rings is 1. The minimum absolute atomic E-state index is 0.101. The molecule has 0 bridgehead atoms. The predicted octanol–water partition coefficient (Wildman–Crippen LogP) is 2.61. The van der Waals surface area contributed by atoms with E-state index >= 15 is 0 Å². The average molecular weight is 286 g/mol. The van der Waals surface area contributed by atoms with Crippen LogP contribution in [0.4, 0.5) is 0 Å². The summed E-state index contributed by atoms with van der Waals surface area (Å²) in [6.07, 6.45) is 0. The second-order valence-electron chi connectivity index (χ2n) is 4.84. The molecule has 2 atom stereocenters. The predicted molar refractivity (Wildman–Crippen MR) is 66.9 cm³/mol. The molecule has 3 nitrogen and oxygen atoms in total. The van der Waals surface area contributed by atoms with Crippen molar-refractivity contribution in [3.63, 3.8) is 0 Å². The minimum atomic E-state index is 0.101. The summed E-state index contributed by atoms with van der Waals surface area (Å²) in [5.41, 5.74) is 7.18. The summed E-state index contributed by atoms with van der Waals surface area (Å²) < 4.78 is 5.74. The van der Waals surface area contributed by atoms with Crippen molar-refractivity contribution in [2.24, 2.45) is 11.1 Å². The molecule has 0 heterocycles. The molecular weight excluding hydrogens is 270 g/mol. The largest absolute Gasteiger partial charge is 0.503 e. The monoisotopic (exact) mass is 285 g/mol. The fraction of sp³-hybridized carbons (Fsp3) is 0.500. The summed E-state index contributed by atoms with van der Waals surface area (Å²) in [4.78, 5) is 0. The third-order valence-corrected chi connectivity index (χ3v) is 4.41. The highest BCUT2D eigenvalue weighted by molar-refractivity contribution is 9.10. The van der Waals surface area contributed by atoms with Crippen molar-refractivity contribution in [3.8, 4) is 11.5 Å². The molecule has 1 fully saturated rings. The molecule has 0 saturated heterocycles. The highest BCUT2D eigenvalue weighted by Crippen LogP contribution is 2.59. The van der Waals surface area contributed by atoms with Gasteiger partial charge in [0.1, 0.15) is 0 Å². The number of methoxy groups -OCH3 is 1. The lowest BCUT2D eigenvalue weighted by Gasteiger charge is -2.10. The van der Waals surface area contributed by atoms with Crippen LogP contribution in [0.3, 0.4) is 0 Å². The maximum absolute atomic E-state index is 9.90. The Balaban J connectivity index is 2.42. The maximum atomic E-state index is 9.90. The van der Waals surface area contributed by atoms with Gasteiger partial charge in [-0.1, -0.05) is 19.9 Å². The van der Waals surface area contributed by atoms with Crippen molar-refractivity contribution >= 4 is 15.9 Å². The van der Waals surface area contributed by atoms with Crippen LogP contribution < -0.4 is 10.5 Å². The molecule has 0 amide bonds. The molecule has 0 unspecified atom stereocenters. The Morgan fingerprint density at radius 2 is 2.00 bits per heavy atom. The van der Waals surface area contributed by atoms with Gasteiger partial charge in [0, 0.05) is 12.0 Å². The van der Waals surface area contributed by atoms with E-state index in [1.54, 1.807) is 6.07 Å². The van der Waals surface area contributed by atoms with E-state index in [1.807, 2.05) is 6.07 Å². The third-order valence-electron chi connectivity index (χ3n) is 3.57. The lowest BCUT2D eigenvalue weighted by atomic mass is 10.0. The number of hydrogen-bond acceptors (Lipinski definition) is 3. The van der Waals surface area contributed by atoms with E-state index in [-0.39, 0.29) is 17.2 Å². The van der Waals surface area contributed by atoms with Crippen LogP contribution in [0.5, 0.6) is 11.5 Å². The zero-order chi connectivity index (χ0) is 12.1. The van der Waals surface area contributed by atoms with Crippen LogP contribution in [-0.4, -0.2) is 18.3 Å². The first kappa shape index (κ1) is 11.7. The number of halogens is 1. The lowest BCUT2D eigenvalue weighted by molar-refractivity contribution is 0.371. The number of rotatable bonds is 2. The summed E-state index contributed by atoms with van der Waals surface area (Å²) in [7, 11) is 1.54. The van der Waals surface area contributed by atoms with E-state index in [0.717, 1.165) is 5.56 Å². The van der Waals surface area contributed by atoms with Gasteiger partial charge in [-0.15, -0.1) is 0 Å². The molecule has 3 N–H and O–H groups in total. The SMILES string of the molecule is COc1ccc([C@@H]2[C@@H](N)C2(C)C)c(Br)c1O. The number of aromatic hydroxyl groups is 1.